The second-order valence-corrected chi connectivity index (χ2v) is 7.05. The smallest absolute Gasteiger partial charge is 0.141 e. The number of hydrogen-bond acceptors (Lipinski definition) is 3. The highest BCUT2D eigenvalue weighted by atomic mass is 15.4. The Morgan fingerprint density at radius 3 is 2.61 bits per heavy atom. The van der Waals surface area contributed by atoms with Gasteiger partial charge in [0, 0.05) is 6.04 Å². The highest BCUT2D eigenvalue weighted by Gasteiger charge is 2.23. The van der Waals surface area contributed by atoms with Gasteiger partial charge >= 0.3 is 0 Å². The number of nitrogens with zero attached hydrogens (tertiary/aromatic N) is 4. The monoisotopic (exact) mass is 312 g/mol. The molecule has 1 aliphatic heterocycles. The van der Waals surface area contributed by atoms with Crippen molar-refractivity contribution in [1.29, 1.82) is 0 Å². The Morgan fingerprint density at radius 2 is 1.91 bits per heavy atom. The number of hydrogen-bond donors (Lipinski definition) is 0. The third-order valence-electron chi connectivity index (χ3n) is 5.18. The molecule has 3 rings (SSSR count). The number of benzene rings is 1. The number of piperidine rings is 1. The number of aromatic nitrogens is 3. The SMILES string of the molecule is Cc1cccc(C2CCN(Cc3ncnn3C(C)C)CC2)c1C. The van der Waals surface area contributed by atoms with Crippen molar-refractivity contribution in [2.75, 3.05) is 13.1 Å². The summed E-state index contributed by atoms with van der Waals surface area (Å²) in [5.41, 5.74) is 4.44. The van der Waals surface area contributed by atoms with Crippen LogP contribution in [0, 0.1) is 13.8 Å². The van der Waals surface area contributed by atoms with Gasteiger partial charge in [0.25, 0.3) is 0 Å². The van der Waals surface area contributed by atoms with Crippen LogP contribution in [0.4, 0.5) is 0 Å². The molecular weight excluding hydrogens is 284 g/mol. The highest BCUT2D eigenvalue weighted by Crippen LogP contribution is 2.31. The van der Waals surface area contributed by atoms with Crippen LogP contribution in [-0.4, -0.2) is 32.8 Å². The number of likely N-dealkylation sites (tertiary alicyclic amines) is 1. The first-order valence-corrected chi connectivity index (χ1v) is 8.73. The molecule has 0 aliphatic carbocycles. The lowest BCUT2D eigenvalue weighted by Crippen LogP contribution is -2.33. The van der Waals surface area contributed by atoms with Crippen molar-refractivity contribution in [3.8, 4) is 0 Å². The van der Waals surface area contributed by atoms with Crippen LogP contribution in [0.5, 0.6) is 0 Å². The second-order valence-electron chi connectivity index (χ2n) is 7.05. The van der Waals surface area contributed by atoms with Crippen LogP contribution in [0.2, 0.25) is 0 Å². The molecule has 0 radical (unpaired) electrons. The van der Waals surface area contributed by atoms with E-state index in [1.54, 1.807) is 11.9 Å². The molecule has 1 aliphatic rings. The average Bonchev–Trinajstić information content (AvgIpc) is 2.99. The first-order valence-electron chi connectivity index (χ1n) is 8.73. The van der Waals surface area contributed by atoms with E-state index in [9.17, 15) is 0 Å². The minimum Gasteiger partial charge on any atom is -0.296 e. The Hall–Kier alpha value is -1.68. The Labute approximate surface area is 139 Å². The Bertz CT molecular complexity index is 651. The topological polar surface area (TPSA) is 34.0 Å². The molecule has 1 fully saturated rings. The summed E-state index contributed by atoms with van der Waals surface area (Å²) >= 11 is 0. The van der Waals surface area contributed by atoms with Gasteiger partial charge in [0.2, 0.25) is 0 Å². The molecule has 0 N–H and O–H groups in total. The molecule has 1 aromatic heterocycles. The van der Waals surface area contributed by atoms with Gasteiger partial charge in [0.05, 0.1) is 6.54 Å². The van der Waals surface area contributed by atoms with Crippen LogP contribution in [0.15, 0.2) is 24.5 Å². The maximum Gasteiger partial charge on any atom is 0.141 e. The van der Waals surface area contributed by atoms with E-state index in [0.717, 1.165) is 25.5 Å². The molecule has 124 valence electrons. The van der Waals surface area contributed by atoms with E-state index in [0.29, 0.717) is 12.0 Å². The van der Waals surface area contributed by atoms with Gasteiger partial charge in [-0.2, -0.15) is 5.10 Å². The molecule has 2 aromatic rings. The van der Waals surface area contributed by atoms with Gasteiger partial charge in [-0.25, -0.2) is 9.67 Å². The molecule has 4 nitrogen and oxygen atoms in total. The van der Waals surface area contributed by atoms with Gasteiger partial charge < -0.3 is 0 Å². The summed E-state index contributed by atoms with van der Waals surface area (Å²) in [7, 11) is 0. The van der Waals surface area contributed by atoms with E-state index in [2.05, 4.69) is 60.9 Å². The highest BCUT2D eigenvalue weighted by molar-refractivity contribution is 5.35. The normalized spacial score (nSPS) is 17.1. The molecular formula is C19H28N4. The van der Waals surface area contributed by atoms with Gasteiger partial charge in [-0.1, -0.05) is 18.2 Å². The molecule has 0 saturated carbocycles. The molecule has 1 saturated heterocycles. The third-order valence-corrected chi connectivity index (χ3v) is 5.18. The molecule has 0 bridgehead atoms. The van der Waals surface area contributed by atoms with Crippen molar-refractivity contribution >= 4 is 0 Å². The van der Waals surface area contributed by atoms with Gasteiger partial charge in [-0.15, -0.1) is 0 Å². The molecule has 4 heteroatoms. The van der Waals surface area contributed by atoms with Crippen LogP contribution in [0.1, 0.15) is 61.2 Å². The van der Waals surface area contributed by atoms with Gasteiger partial charge in [0.15, 0.2) is 0 Å². The minimum absolute atomic E-state index is 0.375. The fourth-order valence-electron chi connectivity index (χ4n) is 3.64. The molecule has 2 heterocycles. The van der Waals surface area contributed by atoms with E-state index >= 15 is 0 Å². The Balaban J connectivity index is 1.62. The largest absolute Gasteiger partial charge is 0.296 e. The lowest BCUT2D eigenvalue weighted by Gasteiger charge is -2.32. The lowest BCUT2D eigenvalue weighted by molar-refractivity contribution is 0.195. The van der Waals surface area contributed by atoms with Gasteiger partial charge in [-0.3, -0.25) is 4.90 Å². The zero-order valence-electron chi connectivity index (χ0n) is 14.8. The van der Waals surface area contributed by atoms with E-state index in [1.807, 2.05) is 4.68 Å². The molecule has 0 atom stereocenters. The molecule has 0 amide bonds. The van der Waals surface area contributed by atoms with E-state index in [4.69, 9.17) is 0 Å². The standard InChI is InChI=1S/C19H28N4/c1-14(2)23-19(20-13-21-23)12-22-10-8-17(9-11-22)18-7-5-6-15(3)16(18)4/h5-7,13-14,17H,8-12H2,1-4H3. The van der Waals surface area contributed by atoms with Crippen LogP contribution < -0.4 is 0 Å². The summed E-state index contributed by atoms with van der Waals surface area (Å²) in [6.07, 6.45) is 4.15. The zero-order valence-corrected chi connectivity index (χ0v) is 14.8. The van der Waals surface area contributed by atoms with Crippen molar-refractivity contribution in [1.82, 2.24) is 19.7 Å². The van der Waals surface area contributed by atoms with Gasteiger partial charge in [0.1, 0.15) is 12.2 Å². The minimum atomic E-state index is 0.375. The zero-order chi connectivity index (χ0) is 16.4. The fourth-order valence-corrected chi connectivity index (χ4v) is 3.64. The van der Waals surface area contributed by atoms with Crippen LogP contribution in [0.25, 0.3) is 0 Å². The van der Waals surface area contributed by atoms with Gasteiger partial charge in [-0.05, 0) is 76.2 Å². The lowest BCUT2D eigenvalue weighted by atomic mass is 9.85. The predicted molar refractivity (Wildman–Crippen MR) is 93.6 cm³/mol. The molecule has 1 aromatic carbocycles. The first kappa shape index (κ1) is 16.2. The van der Waals surface area contributed by atoms with Crippen molar-refractivity contribution < 1.29 is 0 Å². The van der Waals surface area contributed by atoms with E-state index in [-0.39, 0.29) is 0 Å². The van der Waals surface area contributed by atoms with Crippen molar-refractivity contribution in [2.45, 2.75) is 59.0 Å². The maximum atomic E-state index is 4.44. The summed E-state index contributed by atoms with van der Waals surface area (Å²) in [6.45, 7) is 12.0. The molecule has 0 spiro atoms. The van der Waals surface area contributed by atoms with Crippen molar-refractivity contribution in [3.05, 3.63) is 47.0 Å². The van der Waals surface area contributed by atoms with E-state index < -0.39 is 0 Å². The maximum absolute atomic E-state index is 4.44. The summed E-state index contributed by atoms with van der Waals surface area (Å²) < 4.78 is 2.04. The summed E-state index contributed by atoms with van der Waals surface area (Å²) in [5.74, 6) is 1.79. The first-order chi connectivity index (χ1) is 11.1. The molecule has 23 heavy (non-hydrogen) atoms. The van der Waals surface area contributed by atoms with Crippen molar-refractivity contribution in [2.24, 2.45) is 0 Å². The van der Waals surface area contributed by atoms with Crippen LogP contribution >= 0.6 is 0 Å². The fraction of sp³-hybridized carbons (Fsp3) is 0.579. The Kier molecular flexibility index (Phi) is 4.81. The summed E-state index contributed by atoms with van der Waals surface area (Å²) in [5, 5.41) is 4.34. The second kappa shape index (κ2) is 6.83. The molecule has 0 unspecified atom stereocenters. The van der Waals surface area contributed by atoms with Crippen molar-refractivity contribution in [3.63, 3.8) is 0 Å². The summed E-state index contributed by atoms with van der Waals surface area (Å²) in [4.78, 5) is 6.96. The van der Waals surface area contributed by atoms with Crippen LogP contribution in [0.3, 0.4) is 0 Å². The average molecular weight is 312 g/mol. The number of rotatable bonds is 4. The third kappa shape index (κ3) is 3.47. The predicted octanol–water partition coefficient (Wildman–Crippen LogP) is 3.86. The van der Waals surface area contributed by atoms with E-state index in [1.165, 1.54) is 24.0 Å². The van der Waals surface area contributed by atoms with Crippen LogP contribution in [-0.2, 0) is 6.54 Å². The summed E-state index contributed by atoms with van der Waals surface area (Å²) in [6, 6.07) is 7.11. The Morgan fingerprint density at radius 1 is 1.17 bits per heavy atom. The number of aryl methyl sites for hydroxylation is 1. The quantitative estimate of drug-likeness (QED) is 0.860.